The molecule has 0 radical (unpaired) electrons. The first kappa shape index (κ1) is 95.5. The van der Waals surface area contributed by atoms with Gasteiger partial charge in [0.1, 0.15) is 19.3 Å². The van der Waals surface area contributed by atoms with Crippen LogP contribution in [0.4, 0.5) is 0 Å². The quantitative estimate of drug-likeness (QED) is 0.0169. The van der Waals surface area contributed by atoms with Crippen molar-refractivity contribution in [2.75, 3.05) is 39.6 Å². The largest absolute Gasteiger partial charge is 0.472 e. The van der Waals surface area contributed by atoms with E-state index in [0.717, 1.165) is 121 Å². The molecule has 2 unspecified atom stereocenters. The van der Waals surface area contributed by atoms with E-state index in [9.17, 15) is 43.2 Å². The Morgan fingerprint density at radius 3 is 0.837 bits per heavy atom. The Hall–Kier alpha value is -2.46. The first-order chi connectivity index (χ1) is 47.4. The maximum Gasteiger partial charge on any atom is 0.472 e. The number of allylic oxidation sites excluding steroid dienone is 4. The third-order valence-corrected chi connectivity index (χ3v) is 19.7. The predicted molar refractivity (Wildman–Crippen MR) is 400 cm³/mol. The molecule has 0 spiro atoms. The van der Waals surface area contributed by atoms with Gasteiger partial charge in [-0.25, -0.2) is 9.13 Å². The van der Waals surface area contributed by atoms with Gasteiger partial charge < -0.3 is 33.8 Å². The number of unbranched alkanes of at least 4 members (excludes halogenated alkanes) is 43. The lowest BCUT2D eigenvalue weighted by Gasteiger charge is -2.21. The summed E-state index contributed by atoms with van der Waals surface area (Å²) in [7, 11) is -9.93. The summed E-state index contributed by atoms with van der Waals surface area (Å²) in [6.45, 7) is 9.52. The SMILES string of the molecule is CCCCCC/C=C\C=C/CCCCCCCC(=O)OC[C@H](COP(=O)(O)OC[C@@H](O)COP(=O)(O)OC[C@@H](COC(=O)CCCCCCCCCCC(C)C)OC(=O)CCCCCCCCCCCCCC(C)C)OC(=O)CCCCCCCCCCCCCCCCCCCC. The second-order valence-corrected chi connectivity index (χ2v) is 31.6. The van der Waals surface area contributed by atoms with E-state index in [1.54, 1.807) is 0 Å². The van der Waals surface area contributed by atoms with Crippen LogP contribution in [-0.2, 0) is 65.4 Å². The van der Waals surface area contributed by atoms with Crippen LogP contribution in [0.3, 0.4) is 0 Å². The number of carbonyl (C=O) groups is 4. The molecule has 0 aromatic rings. The van der Waals surface area contributed by atoms with E-state index in [4.69, 9.17) is 37.0 Å². The van der Waals surface area contributed by atoms with Crippen molar-refractivity contribution in [3.63, 3.8) is 0 Å². The smallest absolute Gasteiger partial charge is 0.462 e. The Bertz CT molecular complexity index is 1980. The first-order valence-electron chi connectivity index (χ1n) is 40.3. The van der Waals surface area contributed by atoms with Gasteiger partial charge in [0.2, 0.25) is 0 Å². The zero-order chi connectivity index (χ0) is 72.1. The average molecular weight is 1430 g/mol. The van der Waals surface area contributed by atoms with E-state index in [-0.39, 0.29) is 25.7 Å². The summed E-state index contributed by atoms with van der Waals surface area (Å²) in [5, 5.41) is 10.6. The number of phosphoric ester groups is 2. The maximum absolute atomic E-state index is 13.1. The molecule has 3 N–H and O–H groups in total. The normalized spacial score (nSPS) is 14.1. The maximum atomic E-state index is 13.1. The number of aliphatic hydroxyl groups is 1. The highest BCUT2D eigenvalue weighted by molar-refractivity contribution is 7.47. The molecule has 5 atom stereocenters. The van der Waals surface area contributed by atoms with E-state index in [0.29, 0.717) is 25.7 Å². The third-order valence-electron chi connectivity index (χ3n) is 17.8. The molecule has 0 rings (SSSR count). The number of aliphatic hydroxyl groups excluding tert-OH is 1. The van der Waals surface area contributed by atoms with Gasteiger partial charge in [-0.05, 0) is 63.2 Å². The van der Waals surface area contributed by atoms with Crippen molar-refractivity contribution in [2.45, 2.75) is 407 Å². The highest BCUT2D eigenvalue weighted by Gasteiger charge is 2.30. The van der Waals surface area contributed by atoms with Crippen molar-refractivity contribution in [3.05, 3.63) is 24.3 Å². The Balaban J connectivity index is 5.29. The molecule has 0 bridgehead atoms. The van der Waals surface area contributed by atoms with Crippen LogP contribution in [-0.4, -0.2) is 96.7 Å². The topological polar surface area (TPSA) is 237 Å². The van der Waals surface area contributed by atoms with Crippen LogP contribution in [0.1, 0.15) is 388 Å². The molecule has 0 aliphatic rings. The van der Waals surface area contributed by atoms with Gasteiger partial charge in [0.15, 0.2) is 12.2 Å². The second kappa shape index (κ2) is 70.2. The fraction of sp³-hybridized carbons (Fsp3) is 0.899. The minimum atomic E-state index is -4.97. The number of hydrogen-bond acceptors (Lipinski definition) is 15. The van der Waals surface area contributed by atoms with Gasteiger partial charge in [-0.15, -0.1) is 0 Å². The number of ether oxygens (including phenoxy) is 4. The highest BCUT2D eigenvalue weighted by atomic mass is 31.2. The molecule has 0 amide bonds. The zero-order valence-corrected chi connectivity index (χ0v) is 65.4. The summed E-state index contributed by atoms with van der Waals surface area (Å²) in [5.41, 5.74) is 0. The summed E-state index contributed by atoms with van der Waals surface area (Å²) in [4.78, 5) is 72.9. The summed E-state index contributed by atoms with van der Waals surface area (Å²) < 4.78 is 68.6. The van der Waals surface area contributed by atoms with Crippen molar-refractivity contribution in [2.24, 2.45) is 11.8 Å². The third kappa shape index (κ3) is 71.9. The number of rotatable bonds is 76. The van der Waals surface area contributed by atoms with Gasteiger partial charge in [-0.1, -0.05) is 336 Å². The van der Waals surface area contributed by atoms with Crippen LogP contribution < -0.4 is 0 Å². The second-order valence-electron chi connectivity index (χ2n) is 28.7. The van der Waals surface area contributed by atoms with Crippen LogP contribution in [0.5, 0.6) is 0 Å². The van der Waals surface area contributed by atoms with E-state index in [1.807, 2.05) is 0 Å². The van der Waals surface area contributed by atoms with E-state index < -0.39 is 97.5 Å². The molecular formula is C79H150O17P2. The lowest BCUT2D eigenvalue weighted by atomic mass is 10.0. The lowest BCUT2D eigenvalue weighted by molar-refractivity contribution is -0.161. The molecule has 0 aliphatic carbocycles. The fourth-order valence-corrected chi connectivity index (χ4v) is 13.2. The van der Waals surface area contributed by atoms with Crippen LogP contribution in [0.2, 0.25) is 0 Å². The van der Waals surface area contributed by atoms with Gasteiger partial charge in [0.25, 0.3) is 0 Å². The van der Waals surface area contributed by atoms with Crippen molar-refractivity contribution in [1.82, 2.24) is 0 Å². The van der Waals surface area contributed by atoms with Gasteiger partial charge in [0.05, 0.1) is 26.4 Å². The monoisotopic (exact) mass is 1430 g/mol. The van der Waals surface area contributed by atoms with Crippen molar-refractivity contribution >= 4 is 39.5 Å². The fourth-order valence-electron chi connectivity index (χ4n) is 11.6. The molecule has 0 aliphatic heterocycles. The minimum absolute atomic E-state index is 0.102. The summed E-state index contributed by atoms with van der Waals surface area (Å²) in [6, 6.07) is 0. The van der Waals surface area contributed by atoms with Gasteiger partial charge in [0, 0.05) is 25.7 Å². The number of hydrogen-bond donors (Lipinski definition) is 3. The summed E-state index contributed by atoms with van der Waals surface area (Å²) in [6.07, 6.45) is 61.9. The van der Waals surface area contributed by atoms with Crippen LogP contribution in [0.25, 0.3) is 0 Å². The molecule has 578 valence electrons. The Morgan fingerprint density at radius 2 is 0.551 bits per heavy atom. The molecule has 0 saturated carbocycles. The molecule has 98 heavy (non-hydrogen) atoms. The van der Waals surface area contributed by atoms with E-state index in [2.05, 4.69) is 65.8 Å². The Kier molecular flexibility index (Phi) is 68.5. The van der Waals surface area contributed by atoms with Crippen LogP contribution in [0, 0.1) is 11.8 Å². The summed E-state index contributed by atoms with van der Waals surface area (Å²) in [5.74, 6) is -0.654. The molecule has 0 heterocycles. The zero-order valence-electron chi connectivity index (χ0n) is 63.6. The molecule has 0 aromatic heterocycles. The van der Waals surface area contributed by atoms with E-state index >= 15 is 0 Å². The molecular weight excluding hydrogens is 1280 g/mol. The van der Waals surface area contributed by atoms with Gasteiger partial charge >= 0.3 is 39.5 Å². The van der Waals surface area contributed by atoms with Crippen LogP contribution in [0.15, 0.2) is 24.3 Å². The molecule has 0 aromatic carbocycles. The van der Waals surface area contributed by atoms with Crippen LogP contribution >= 0.6 is 15.6 Å². The van der Waals surface area contributed by atoms with Gasteiger partial charge in [-0.2, -0.15) is 0 Å². The van der Waals surface area contributed by atoms with Gasteiger partial charge in [-0.3, -0.25) is 37.3 Å². The molecule has 0 saturated heterocycles. The number of esters is 4. The Labute approximate surface area is 599 Å². The standard InChI is InChI=1S/C79H150O17P2/c1-7-9-11-13-15-17-19-21-23-24-25-27-29-33-37-45-51-57-63-78(83)95-74(67-89-76(81)61-55-49-43-36-32-28-26-22-20-18-16-14-12-10-8-2)69-93-97(85,86)91-65-73(80)66-92-98(87,88)94-70-75(68-90-77(82)62-56-50-44-40-39-42-48-54-60-72(5)6)96-79(84)64-58-52-46-38-34-30-31-35-41-47-53-59-71(3)4/h18,20,22,26,71-75,80H,7-17,19,21,23-25,27-70H2,1-6H3,(H,85,86)(H,87,88)/b20-18-,26-22-/t73-,74-,75-/m1/s1. The molecule has 0 fully saturated rings. The predicted octanol–water partition coefficient (Wildman–Crippen LogP) is 23.1. The number of phosphoric acid groups is 2. The highest BCUT2D eigenvalue weighted by Crippen LogP contribution is 2.45. The van der Waals surface area contributed by atoms with Crippen molar-refractivity contribution in [3.8, 4) is 0 Å². The van der Waals surface area contributed by atoms with E-state index in [1.165, 1.54) is 186 Å². The Morgan fingerprint density at radius 1 is 0.316 bits per heavy atom. The van der Waals surface area contributed by atoms with Crippen molar-refractivity contribution < 1.29 is 80.2 Å². The number of carbonyl (C=O) groups excluding carboxylic acids is 4. The molecule has 19 heteroatoms. The van der Waals surface area contributed by atoms with Crippen molar-refractivity contribution in [1.29, 1.82) is 0 Å². The molecule has 17 nitrogen and oxygen atoms in total. The minimum Gasteiger partial charge on any atom is -0.462 e. The first-order valence-corrected chi connectivity index (χ1v) is 43.3. The average Bonchev–Trinajstić information content (AvgIpc) is 1.00. The summed E-state index contributed by atoms with van der Waals surface area (Å²) >= 11 is 0. The lowest BCUT2D eigenvalue weighted by Crippen LogP contribution is -2.30.